The van der Waals surface area contributed by atoms with Crippen LogP contribution < -0.4 is 0 Å². The van der Waals surface area contributed by atoms with Crippen molar-refractivity contribution >= 4 is 23.2 Å². The van der Waals surface area contributed by atoms with Crippen molar-refractivity contribution in [3.8, 4) is 0 Å². The molecule has 0 radical (unpaired) electrons. The van der Waals surface area contributed by atoms with Gasteiger partial charge >= 0.3 is 0 Å². The number of hydrogen-bond acceptors (Lipinski definition) is 2. The number of pyridine rings is 1. The summed E-state index contributed by atoms with van der Waals surface area (Å²) in [5.41, 5.74) is 0.931. The quantitative estimate of drug-likeness (QED) is 0.745. The lowest BCUT2D eigenvalue weighted by Gasteiger charge is -2.44. The van der Waals surface area contributed by atoms with E-state index in [4.69, 9.17) is 23.2 Å². The molecule has 1 aromatic rings. The Morgan fingerprint density at radius 1 is 1.11 bits per heavy atom. The highest BCUT2D eigenvalue weighted by Crippen LogP contribution is 2.36. The van der Waals surface area contributed by atoms with Gasteiger partial charge in [0.1, 0.15) is 5.15 Å². The lowest BCUT2D eigenvalue weighted by molar-refractivity contribution is 0.0538. The summed E-state index contributed by atoms with van der Waals surface area (Å²) in [5.74, 6) is 0.889. The van der Waals surface area contributed by atoms with E-state index >= 15 is 0 Å². The molecule has 2 heterocycles. The summed E-state index contributed by atoms with van der Waals surface area (Å²) in [6, 6.07) is 4.35. The second-order valence-electron chi connectivity index (χ2n) is 5.79. The van der Waals surface area contributed by atoms with E-state index in [9.17, 15) is 0 Å². The number of piperidine rings is 1. The molecule has 0 unspecified atom stereocenters. The first-order valence-electron chi connectivity index (χ1n) is 7.29. The third-order valence-electron chi connectivity index (χ3n) is 4.60. The van der Waals surface area contributed by atoms with Crippen molar-refractivity contribution in [1.82, 2.24) is 9.88 Å². The molecule has 1 saturated heterocycles. The molecular weight excluding hydrogens is 279 g/mol. The summed E-state index contributed by atoms with van der Waals surface area (Å²) in [4.78, 5) is 6.98. The van der Waals surface area contributed by atoms with Crippen molar-refractivity contribution in [2.24, 2.45) is 5.92 Å². The average Bonchev–Trinajstić information content (AvgIpc) is 2.43. The smallest absolute Gasteiger partial charge is 0.129 e. The minimum Gasteiger partial charge on any atom is -0.294 e. The molecule has 3 rings (SSSR count). The molecule has 1 aliphatic heterocycles. The summed E-state index contributed by atoms with van der Waals surface area (Å²) in [7, 11) is 0. The van der Waals surface area contributed by atoms with Gasteiger partial charge in [0.2, 0.25) is 0 Å². The molecule has 0 aromatic carbocycles. The fraction of sp³-hybridized carbons (Fsp3) is 0.667. The van der Waals surface area contributed by atoms with Crippen LogP contribution in [-0.4, -0.2) is 22.5 Å². The first-order chi connectivity index (χ1) is 9.24. The number of rotatable bonds is 2. The molecule has 0 N–H and O–H groups in total. The van der Waals surface area contributed by atoms with Gasteiger partial charge in [0.15, 0.2) is 0 Å². The van der Waals surface area contributed by atoms with Crippen LogP contribution in [0.15, 0.2) is 12.1 Å². The lowest BCUT2D eigenvalue weighted by Crippen LogP contribution is -2.46. The largest absolute Gasteiger partial charge is 0.294 e. The molecule has 0 amide bonds. The molecule has 2 fully saturated rings. The zero-order valence-corrected chi connectivity index (χ0v) is 12.6. The Labute approximate surface area is 125 Å². The van der Waals surface area contributed by atoms with Gasteiger partial charge in [-0.05, 0) is 50.3 Å². The van der Waals surface area contributed by atoms with Crippen LogP contribution in [0.2, 0.25) is 10.2 Å². The maximum atomic E-state index is 6.24. The number of aromatic nitrogens is 1. The van der Waals surface area contributed by atoms with Crippen LogP contribution in [0.25, 0.3) is 0 Å². The predicted octanol–water partition coefficient (Wildman–Crippen LogP) is 4.54. The fourth-order valence-corrected chi connectivity index (χ4v) is 4.02. The summed E-state index contributed by atoms with van der Waals surface area (Å²) in [6.45, 7) is 2.02. The number of halogens is 2. The van der Waals surface area contributed by atoms with Crippen molar-refractivity contribution in [3.63, 3.8) is 0 Å². The highest BCUT2D eigenvalue weighted by atomic mass is 35.5. The van der Waals surface area contributed by atoms with Gasteiger partial charge in [0.05, 0.1) is 10.7 Å². The molecule has 0 spiro atoms. The third-order valence-corrected chi connectivity index (χ3v) is 5.15. The van der Waals surface area contributed by atoms with Gasteiger partial charge in [-0.1, -0.05) is 36.0 Å². The lowest BCUT2D eigenvalue weighted by atomic mass is 9.78. The van der Waals surface area contributed by atoms with E-state index < -0.39 is 0 Å². The summed E-state index contributed by atoms with van der Waals surface area (Å²) in [5, 5.41) is 1.28. The van der Waals surface area contributed by atoms with E-state index in [1.807, 2.05) is 6.07 Å². The van der Waals surface area contributed by atoms with E-state index in [1.54, 1.807) is 6.07 Å². The topological polar surface area (TPSA) is 16.1 Å². The highest BCUT2D eigenvalue weighted by Gasteiger charge is 2.33. The van der Waals surface area contributed by atoms with Crippen LogP contribution in [0, 0.1) is 5.92 Å². The molecule has 2 aliphatic rings. The molecule has 1 aliphatic carbocycles. The van der Waals surface area contributed by atoms with Crippen molar-refractivity contribution in [2.45, 2.75) is 51.1 Å². The van der Waals surface area contributed by atoms with Crippen LogP contribution in [0.4, 0.5) is 0 Å². The normalized spacial score (nSPS) is 28.1. The molecule has 4 heteroatoms. The van der Waals surface area contributed by atoms with Crippen LogP contribution >= 0.6 is 23.2 Å². The maximum Gasteiger partial charge on any atom is 0.129 e. The van der Waals surface area contributed by atoms with Gasteiger partial charge < -0.3 is 0 Å². The van der Waals surface area contributed by atoms with Crippen LogP contribution in [0.1, 0.15) is 44.2 Å². The first-order valence-corrected chi connectivity index (χ1v) is 8.04. The van der Waals surface area contributed by atoms with Crippen LogP contribution in [0.3, 0.4) is 0 Å². The van der Waals surface area contributed by atoms with Crippen LogP contribution in [-0.2, 0) is 6.54 Å². The summed E-state index contributed by atoms with van der Waals surface area (Å²) >= 11 is 12.2. The van der Waals surface area contributed by atoms with Gasteiger partial charge in [-0.3, -0.25) is 4.90 Å². The number of fused-ring (bicyclic) bond motifs is 1. The van der Waals surface area contributed by atoms with E-state index in [2.05, 4.69) is 9.88 Å². The fourth-order valence-electron chi connectivity index (χ4n) is 3.69. The van der Waals surface area contributed by atoms with Gasteiger partial charge in [-0.2, -0.15) is 0 Å². The second kappa shape index (κ2) is 5.99. The minimum absolute atomic E-state index is 0.539. The average molecular weight is 299 g/mol. The van der Waals surface area contributed by atoms with E-state index in [1.165, 1.54) is 45.1 Å². The van der Waals surface area contributed by atoms with Gasteiger partial charge in [0, 0.05) is 12.6 Å². The molecule has 0 bridgehead atoms. The Kier molecular flexibility index (Phi) is 4.30. The predicted molar refractivity (Wildman–Crippen MR) is 79.6 cm³/mol. The van der Waals surface area contributed by atoms with Gasteiger partial charge in [-0.15, -0.1) is 0 Å². The van der Waals surface area contributed by atoms with Gasteiger partial charge in [-0.25, -0.2) is 4.98 Å². The van der Waals surface area contributed by atoms with Crippen LogP contribution in [0.5, 0.6) is 0 Å². The van der Waals surface area contributed by atoms with E-state index in [-0.39, 0.29) is 0 Å². The number of likely N-dealkylation sites (tertiary alicyclic amines) is 1. The molecule has 104 valence electrons. The van der Waals surface area contributed by atoms with Gasteiger partial charge in [0.25, 0.3) is 0 Å². The zero-order valence-electron chi connectivity index (χ0n) is 11.1. The molecular formula is C15H20Cl2N2. The Bertz CT molecular complexity index is 448. The molecule has 19 heavy (non-hydrogen) atoms. The molecule has 2 atom stereocenters. The van der Waals surface area contributed by atoms with E-state index in [0.717, 1.165) is 29.2 Å². The second-order valence-corrected chi connectivity index (χ2v) is 6.58. The minimum atomic E-state index is 0.539. The highest BCUT2D eigenvalue weighted by molar-refractivity contribution is 6.32. The molecule has 1 aromatic heterocycles. The monoisotopic (exact) mass is 298 g/mol. The number of hydrogen-bond donors (Lipinski definition) is 0. The third kappa shape index (κ3) is 3.07. The molecule has 1 saturated carbocycles. The number of nitrogens with zero attached hydrogens (tertiary/aromatic N) is 2. The van der Waals surface area contributed by atoms with Crippen molar-refractivity contribution < 1.29 is 0 Å². The SMILES string of the molecule is Clc1ccc(Cl)c(CN2CCC[C@H]3CCCC[C@H]32)n1. The maximum absolute atomic E-state index is 6.24. The van der Waals surface area contributed by atoms with Crippen molar-refractivity contribution in [3.05, 3.63) is 28.0 Å². The standard InChI is InChI=1S/C15H20Cl2N2/c16-12-7-8-15(17)18-13(12)10-19-9-3-5-11-4-1-2-6-14(11)19/h7-8,11,14H,1-6,9-10H2/t11-,14-/m1/s1. The Hall–Kier alpha value is -0.310. The van der Waals surface area contributed by atoms with Crippen molar-refractivity contribution in [1.29, 1.82) is 0 Å². The Morgan fingerprint density at radius 3 is 2.79 bits per heavy atom. The molecule has 2 nitrogen and oxygen atoms in total. The summed E-state index contributed by atoms with van der Waals surface area (Å²) in [6.07, 6.45) is 8.22. The summed E-state index contributed by atoms with van der Waals surface area (Å²) < 4.78 is 0. The van der Waals surface area contributed by atoms with Crippen molar-refractivity contribution in [2.75, 3.05) is 6.54 Å². The zero-order chi connectivity index (χ0) is 13.2. The Morgan fingerprint density at radius 2 is 1.89 bits per heavy atom. The Balaban J connectivity index is 1.75. The van der Waals surface area contributed by atoms with E-state index in [0.29, 0.717) is 5.15 Å². The first kappa shape index (κ1) is 13.7.